The molecule has 19 nitrogen and oxygen atoms in total. The molecule has 0 aromatic rings. The van der Waals surface area contributed by atoms with E-state index in [1.165, 1.54) is 148 Å². The summed E-state index contributed by atoms with van der Waals surface area (Å²) in [6.07, 6.45) is 29.9. The highest BCUT2D eigenvalue weighted by Crippen LogP contribution is 2.33. The largest absolute Gasteiger partial charge is 0.394 e. The third-order valence-corrected chi connectivity index (χ3v) is 16.6. The lowest BCUT2D eigenvalue weighted by atomic mass is 9.96. The van der Waals surface area contributed by atoms with Gasteiger partial charge in [0.05, 0.1) is 38.6 Å². The Balaban J connectivity index is 1.38. The summed E-state index contributed by atoms with van der Waals surface area (Å²) in [5.41, 5.74) is 0. The Morgan fingerprint density at radius 3 is 1.22 bits per heavy atom. The number of unbranched alkanes of at least 4 members (excludes halogenated alkanes) is 28. The first-order chi connectivity index (χ1) is 41.3. The van der Waals surface area contributed by atoms with Crippen LogP contribution in [0.15, 0.2) is 48.6 Å². The highest BCUT2D eigenvalue weighted by atomic mass is 16.8. The van der Waals surface area contributed by atoms with Crippen molar-refractivity contribution in [2.75, 3.05) is 26.4 Å². The third-order valence-electron chi connectivity index (χ3n) is 16.6. The van der Waals surface area contributed by atoms with Gasteiger partial charge in [-0.25, -0.2) is 0 Å². The summed E-state index contributed by atoms with van der Waals surface area (Å²) in [6.45, 7) is 1.62. The molecule has 3 fully saturated rings. The van der Waals surface area contributed by atoms with Gasteiger partial charge in [0.1, 0.15) is 73.2 Å². The smallest absolute Gasteiger partial charge is 0.220 e. The molecule has 17 unspecified atom stereocenters. The van der Waals surface area contributed by atoms with Crippen molar-refractivity contribution < 1.29 is 89.4 Å². The highest BCUT2D eigenvalue weighted by molar-refractivity contribution is 5.76. The molecule has 3 rings (SSSR count). The van der Waals surface area contributed by atoms with Gasteiger partial charge in [-0.3, -0.25) is 4.79 Å². The molecule has 0 saturated carbocycles. The van der Waals surface area contributed by atoms with Crippen LogP contribution in [-0.4, -0.2) is 193 Å². The minimum Gasteiger partial charge on any atom is -0.394 e. The lowest BCUT2D eigenvalue weighted by Gasteiger charge is -2.48. The van der Waals surface area contributed by atoms with Crippen LogP contribution in [0.25, 0.3) is 0 Å². The van der Waals surface area contributed by atoms with Crippen LogP contribution in [0.4, 0.5) is 0 Å². The van der Waals surface area contributed by atoms with E-state index >= 15 is 0 Å². The summed E-state index contributed by atoms with van der Waals surface area (Å²) >= 11 is 0. The third kappa shape index (κ3) is 31.4. The van der Waals surface area contributed by atoms with Gasteiger partial charge >= 0.3 is 0 Å². The van der Waals surface area contributed by atoms with Gasteiger partial charge in [0.15, 0.2) is 18.9 Å². The van der Waals surface area contributed by atoms with E-state index < -0.39 is 124 Å². The summed E-state index contributed by atoms with van der Waals surface area (Å²) in [5, 5.41) is 120. The molecule has 0 spiro atoms. The number of amides is 1. The van der Waals surface area contributed by atoms with Crippen LogP contribution >= 0.6 is 0 Å². The molecule has 3 aliphatic heterocycles. The fourth-order valence-electron chi connectivity index (χ4n) is 11.1. The quantitative estimate of drug-likeness (QED) is 0.0204. The molecule has 17 atom stereocenters. The molecule has 3 heterocycles. The number of hydrogen-bond acceptors (Lipinski definition) is 18. The van der Waals surface area contributed by atoms with E-state index in [2.05, 4.69) is 55.6 Å². The predicted molar refractivity (Wildman–Crippen MR) is 328 cm³/mol. The van der Waals surface area contributed by atoms with E-state index in [1.807, 2.05) is 6.08 Å². The Bertz CT molecular complexity index is 1740. The zero-order valence-electron chi connectivity index (χ0n) is 52.1. The zero-order chi connectivity index (χ0) is 61.9. The Hall–Kier alpha value is -2.25. The van der Waals surface area contributed by atoms with Crippen LogP contribution < -0.4 is 5.32 Å². The Morgan fingerprint density at radius 2 is 0.776 bits per heavy atom. The molecule has 0 aromatic heterocycles. The number of rotatable bonds is 50. The number of allylic oxidation sites excluding steroid dienone is 7. The molecule has 19 heteroatoms. The number of aliphatic hydroxyl groups excluding tert-OH is 11. The maximum Gasteiger partial charge on any atom is 0.220 e. The SMILES string of the molecule is CCC/C=C/CC/C=C/CC/C=C/C(O)C(COC1OC(CO)C(OC2OC(CO)C(OC3OC(CO)C(O)C(O)C3O)C(O)C2O)C(O)C1O)NC(=O)CCCCCCCCCCCCCCCCCCC/C=C\CCCCCCCCCC. The monoisotopic (exact) mass is 1210 g/mol. The van der Waals surface area contributed by atoms with Crippen molar-refractivity contribution in [1.82, 2.24) is 5.32 Å². The number of aliphatic hydroxyl groups is 11. The van der Waals surface area contributed by atoms with Gasteiger partial charge in [-0.1, -0.05) is 210 Å². The Kier molecular flexibility index (Phi) is 44.0. The Labute approximate surface area is 510 Å². The van der Waals surface area contributed by atoms with E-state index in [0.29, 0.717) is 12.8 Å². The molecule has 0 aliphatic carbocycles. The Morgan fingerprint density at radius 1 is 0.412 bits per heavy atom. The highest BCUT2D eigenvalue weighted by Gasteiger charge is 2.53. The second-order valence-electron chi connectivity index (χ2n) is 23.9. The lowest BCUT2D eigenvalue weighted by Crippen LogP contribution is -2.66. The number of nitrogens with one attached hydrogen (secondary N) is 1. The predicted octanol–water partition coefficient (Wildman–Crippen LogP) is 7.83. The number of carbonyl (C=O) groups excluding carboxylic acids is 1. The minimum atomic E-state index is -1.98. The molecular formula is C66H119NO18. The molecule has 85 heavy (non-hydrogen) atoms. The fourth-order valence-corrected chi connectivity index (χ4v) is 11.1. The van der Waals surface area contributed by atoms with E-state index in [0.717, 1.165) is 51.4 Å². The number of ether oxygens (including phenoxy) is 6. The molecule has 496 valence electrons. The normalized spacial score (nSPS) is 29.3. The van der Waals surface area contributed by atoms with Crippen molar-refractivity contribution in [3.63, 3.8) is 0 Å². The molecular weight excluding hydrogens is 1090 g/mol. The van der Waals surface area contributed by atoms with Gasteiger partial charge in [0.25, 0.3) is 0 Å². The van der Waals surface area contributed by atoms with Gasteiger partial charge in [0.2, 0.25) is 5.91 Å². The van der Waals surface area contributed by atoms with Gasteiger partial charge in [-0.15, -0.1) is 0 Å². The standard InChI is InChI=1S/C66H119NO18/c1-3-5-7-9-11-13-15-16-17-18-19-20-21-22-23-24-25-26-27-28-29-30-31-32-34-36-38-40-42-44-54(72)67-49(50(71)43-41-39-37-35-33-14-12-10-8-6-4-2)48-80-64-60(78)57(75)62(52(46-69)82-64)85-66-61(79)58(76)63(53(47-70)83-66)84-65-59(77)56(74)55(73)51(45-68)81-65/h8,10,18-19,33,35,41,43,49-53,55-66,68-71,73-79H,3-7,9,11-17,20-32,34,36-40,42,44-48H2,1-2H3,(H,67,72)/b10-8+,19-18-,35-33+,43-41+. The van der Waals surface area contributed by atoms with E-state index in [1.54, 1.807) is 6.08 Å². The molecule has 3 saturated heterocycles. The van der Waals surface area contributed by atoms with Gasteiger partial charge in [-0.05, 0) is 64.2 Å². The lowest BCUT2D eigenvalue weighted by molar-refractivity contribution is -0.379. The number of carbonyl (C=O) groups is 1. The van der Waals surface area contributed by atoms with Crippen LogP contribution in [0.2, 0.25) is 0 Å². The van der Waals surface area contributed by atoms with Crippen molar-refractivity contribution in [2.24, 2.45) is 0 Å². The van der Waals surface area contributed by atoms with Crippen LogP contribution in [-0.2, 0) is 33.2 Å². The van der Waals surface area contributed by atoms with Crippen LogP contribution in [0.3, 0.4) is 0 Å². The van der Waals surface area contributed by atoms with E-state index in [4.69, 9.17) is 28.4 Å². The van der Waals surface area contributed by atoms with Crippen LogP contribution in [0, 0.1) is 0 Å². The van der Waals surface area contributed by atoms with Gasteiger partial charge < -0.3 is 89.9 Å². The van der Waals surface area contributed by atoms with Crippen LogP contribution in [0.1, 0.15) is 232 Å². The molecule has 0 aromatic carbocycles. The van der Waals surface area contributed by atoms with Crippen molar-refractivity contribution in [1.29, 1.82) is 0 Å². The molecule has 1 amide bonds. The van der Waals surface area contributed by atoms with Gasteiger partial charge in [0, 0.05) is 6.42 Å². The zero-order valence-corrected chi connectivity index (χ0v) is 52.1. The summed E-state index contributed by atoms with van der Waals surface area (Å²) in [6, 6.07) is -0.994. The maximum absolute atomic E-state index is 13.3. The van der Waals surface area contributed by atoms with Crippen molar-refractivity contribution in [3.8, 4) is 0 Å². The first-order valence-electron chi connectivity index (χ1n) is 33.4. The molecule has 0 radical (unpaired) electrons. The summed E-state index contributed by atoms with van der Waals surface area (Å²) in [5.74, 6) is -0.290. The molecule has 0 bridgehead atoms. The number of hydrogen-bond donors (Lipinski definition) is 12. The topological polar surface area (TPSA) is 307 Å². The fraction of sp³-hybridized carbons (Fsp3) is 0.864. The van der Waals surface area contributed by atoms with E-state index in [9.17, 15) is 61.0 Å². The summed E-state index contributed by atoms with van der Waals surface area (Å²) < 4.78 is 34.2. The second kappa shape index (κ2) is 48.6. The summed E-state index contributed by atoms with van der Waals surface area (Å²) in [4.78, 5) is 13.3. The maximum atomic E-state index is 13.3. The van der Waals surface area contributed by atoms with Crippen molar-refractivity contribution >= 4 is 5.91 Å². The average molecular weight is 1210 g/mol. The van der Waals surface area contributed by atoms with Gasteiger partial charge in [-0.2, -0.15) is 0 Å². The molecule has 12 N–H and O–H groups in total. The first kappa shape index (κ1) is 77.0. The van der Waals surface area contributed by atoms with Crippen LogP contribution in [0.5, 0.6) is 0 Å². The first-order valence-corrected chi connectivity index (χ1v) is 33.4. The second-order valence-corrected chi connectivity index (χ2v) is 23.9. The summed E-state index contributed by atoms with van der Waals surface area (Å²) in [7, 11) is 0. The van der Waals surface area contributed by atoms with Crippen molar-refractivity contribution in [3.05, 3.63) is 48.6 Å². The molecule has 3 aliphatic rings. The van der Waals surface area contributed by atoms with E-state index in [-0.39, 0.29) is 18.9 Å². The minimum absolute atomic E-state index is 0.233. The van der Waals surface area contributed by atoms with Crippen molar-refractivity contribution in [2.45, 2.75) is 336 Å². The average Bonchev–Trinajstić information content (AvgIpc) is 3.70.